The molecular formula is C15H20N2O3S. The third kappa shape index (κ3) is 2.82. The van der Waals surface area contributed by atoms with Crippen molar-refractivity contribution in [2.24, 2.45) is 16.8 Å². The van der Waals surface area contributed by atoms with Crippen molar-refractivity contribution in [1.82, 2.24) is 4.72 Å². The minimum Gasteiger partial charge on any atom is -0.396 e. The molecule has 0 bridgehead atoms. The third-order valence-electron chi connectivity index (χ3n) is 4.45. The molecule has 114 valence electrons. The summed E-state index contributed by atoms with van der Waals surface area (Å²) in [5, 5.41) is 9.43. The Balaban J connectivity index is 1.82. The van der Waals surface area contributed by atoms with Crippen LogP contribution in [0.1, 0.15) is 31.2 Å². The van der Waals surface area contributed by atoms with E-state index >= 15 is 0 Å². The fraction of sp³-hybridized carbons (Fsp3) is 0.533. The molecule has 0 spiro atoms. The van der Waals surface area contributed by atoms with Crippen LogP contribution in [0.3, 0.4) is 0 Å². The van der Waals surface area contributed by atoms with Crippen LogP contribution in [0.4, 0.5) is 0 Å². The number of amidine groups is 1. The van der Waals surface area contributed by atoms with Crippen LogP contribution in [0.15, 0.2) is 34.2 Å². The highest BCUT2D eigenvalue weighted by Crippen LogP contribution is 2.30. The van der Waals surface area contributed by atoms with Crippen molar-refractivity contribution in [1.29, 1.82) is 0 Å². The monoisotopic (exact) mass is 308 g/mol. The number of aliphatic hydroxyl groups is 1. The van der Waals surface area contributed by atoms with Gasteiger partial charge in [0.25, 0.3) is 10.0 Å². The number of aliphatic hydroxyl groups excluding tert-OH is 1. The van der Waals surface area contributed by atoms with Crippen LogP contribution in [0.5, 0.6) is 0 Å². The molecule has 0 saturated heterocycles. The van der Waals surface area contributed by atoms with Crippen molar-refractivity contribution in [3.63, 3.8) is 0 Å². The smallest absolute Gasteiger partial charge is 0.263 e. The second kappa shape index (κ2) is 5.77. The first-order valence-electron chi connectivity index (χ1n) is 7.39. The molecule has 2 unspecified atom stereocenters. The van der Waals surface area contributed by atoms with Gasteiger partial charge in [-0.3, -0.25) is 9.71 Å². The van der Waals surface area contributed by atoms with Gasteiger partial charge in [-0.15, -0.1) is 0 Å². The van der Waals surface area contributed by atoms with E-state index in [1.807, 2.05) is 6.07 Å². The zero-order valence-electron chi connectivity index (χ0n) is 11.8. The molecule has 1 heterocycles. The second-order valence-corrected chi connectivity index (χ2v) is 7.43. The van der Waals surface area contributed by atoms with E-state index in [0.717, 1.165) is 25.7 Å². The highest BCUT2D eigenvalue weighted by molar-refractivity contribution is 7.90. The molecule has 1 aliphatic carbocycles. The lowest BCUT2D eigenvalue weighted by Crippen LogP contribution is -2.27. The first-order chi connectivity index (χ1) is 10.1. The van der Waals surface area contributed by atoms with Gasteiger partial charge in [-0.25, -0.2) is 8.42 Å². The number of rotatable bonds is 3. The Morgan fingerprint density at radius 1 is 1.19 bits per heavy atom. The zero-order valence-corrected chi connectivity index (χ0v) is 12.6. The van der Waals surface area contributed by atoms with E-state index in [9.17, 15) is 13.5 Å². The summed E-state index contributed by atoms with van der Waals surface area (Å²) in [7, 11) is -3.46. The topological polar surface area (TPSA) is 78.8 Å². The zero-order chi connectivity index (χ0) is 14.9. The predicted octanol–water partition coefficient (Wildman–Crippen LogP) is 1.52. The van der Waals surface area contributed by atoms with E-state index in [1.165, 1.54) is 0 Å². The minimum absolute atomic E-state index is 0.192. The molecule has 2 atom stereocenters. The summed E-state index contributed by atoms with van der Waals surface area (Å²) in [6.07, 6.45) is 4.41. The number of sulfonamides is 1. The minimum atomic E-state index is -3.46. The summed E-state index contributed by atoms with van der Waals surface area (Å²) in [4.78, 5) is 4.79. The summed E-state index contributed by atoms with van der Waals surface area (Å²) >= 11 is 0. The van der Waals surface area contributed by atoms with Gasteiger partial charge in [0.1, 0.15) is 5.84 Å². The average molecular weight is 308 g/mol. The van der Waals surface area contributed by atoms with E-state index in [-0.39, 0.29) is 12.5 Å². The van der Waals surface area contributed by atoms with Gasteiger partial charge in [-0.05, 0) is 36.8 Å². The Labute approximate surface area is 125 Å². The van der Waals surface area contributed by atoms with Gasteiger partial charge in [-0.2, -0.15) is 0 Å². The van der Waals surface area contributed by atoms with Gasteiger partial charge in [0.15, 0.2) is 0 Å². The molecule has 21 heavy (non-hydrogen) atoms. The lowest BCUT2D eigenvalue weighted by atomic mass is 9.80. The summed E-state index contributed by atoms with van der Waals surface area (Å²) < 4.78 is 26.5. The van der Waals surface area contributed by atoms with Crippen LogP contribution < -0.4 is 4.72 Å². The van der Waals surface area contributed by atoms with Crippen molar-refractivity contribution in [2.45, 2.75) is 30.6 Å². The normalized spacial score (nSPS) is 29.1. The third-order valence-corrected chi connectivity index (χ3v) is 5.84. The van der Waals surface area contributed by atoms with Crippen molar-refractivity contribution in [3.05, 3.63) is 29.8 Å². The summed E-state index contributed by atoms with van der Waals surface area (Å²) in [6, 6.07) is 6.89. The van der Waals surface area contributed by atoms with Gasteiger partial charge in [0.05, 0.1) is 4.90 Å². The Bertz CT molecular complexity index is 655. The van der Waals surface area contributed by atoms with E-state index in [2.05, 4.69) is 9.71 Å². The fourth-order valence-electron chi connectivity index (χ4n) is 3.22. The van der Waals surface area contributed by atoms with Crippen molar-refractivity contribution < 1.29 is 13.5 Å². The van der Waals surface area contributed by atoms with Crippen LogP contribution in [-0.4, -0.2) is 32.5 Å². The standard InChI is InChI=1S/C15H20N2O3S/c18-10-12-6-2-1-5-11(12)9-16-15-13-7-3-4-8-14(13)21(19,20)17-15/h3-4,7-8,11-12,18H,1-2,5-6,9-10H2,(H,16,17). The average Bonchev–Trinajstić information content (AvgIpc) is 2.77. The Kier molecular flexibility index (Phi) is 3.99. The molecule has 1 fully saturated rings. The van der Waals surface area contributed by atoms with Crippen LogP contribution in [0.25, 0.3) is 0 Å². The number of nitrogens with zero attached hydrogens (tertiary/aromatic N) is 1. The fourth-order valence-corrected chi connectivity index (χ4v) is 4.48. The molecule has 0 radical (unpaired) electrons. The number of hydrogen-bond acceptors (Lipinski definition) is 4. The lowest BCUT2D eigenvalue weighted by molar-refractivity contribution is 0.139. The quantitative estimate of drug-likeness (QED) is 0.888. The molecule has 2 N–H and O–H groups in total. The van der Waals surface area contributed by atoms with Crippen molar-refractivity contribution in [2.75, 3.05) is 13.2 Å². The maximum atomic E-state index is 12.0. The maximum absolute atomic E-state index is 12.0. The molecule has 0 aromatic heterocycles. The summed E-state index contributed by atoms with van der Waals surface area (Å²) in [5.41, 5.74) is 0.647. The molecular weight excluding hydrogens is 288 g/mol. The van der Waals surface area contributed by atoms with E-state index in [4.69, 9.17) is 0 Å². The van der Waals surface area contributed by atoms with E-state index in [0.29, 0.717) is 28.8 Å². The first-order valence-corrected chi connectivity index (χ1v) is 8.87. The van der Waals surface area contributed by atoms with Gasteiger partial charge in [0, 0.05) is 18.7 Å². The number of benzene rings is 1. The first kappa shape index (κ1) is 14.5. The molecule has 5 nitrogen and oxygen atoms in total. The Morgan fingerprint density at radius 2 is 1.90 bits per heavy atom. The number of fused-ring (bicyclic) bond motifs is 1. The molecule has 0 amide bonds. The number of hydrogen-bond donors (Lipinski definition) is 2. The summed E-state index contributed by atoms with van der Waals surface area (Å²) in [6.45, 7) is 0.759. The van der Waals surface area contributed by atoms with Crippen LogP contribution >= 0.6 is 0 Å². The van der Waals surface area contributed by atoms with Gasteiger partial charge in [0.2, 0.25) is 0 Å². The molecule has 1 aliphatic heterocycles. The predicted molar refractivity (Wildman–Crippen MR) is 80.7 cm³/mol. The molecule has 2 aliphatic rings. The van der Waals surface area contributed by atoms with Crippen molar-refractivity contribution in [3.8, 4) is 0 Å². The Morgan fingerprint density at radius 3 is 2.67 bits per heavy atom. The SMILES string of the molecule is O=S1(=O)NC(=NCC2CCCCC2CO)c2ccccc21. The second-order valence-electron chi connectivity index (χ2n) is 5.78. The van der Waals surface area contributed by atoms with Gasteiger partial charge < -0.3 is 5.11 Å². The molecule has 6 heteroatoms. The number of nitrogens with one attached hydrogen (secondary N) is 1. The van der Waals surface area contributed by atoms with Crippen LogP contribution in [-0.2, 0) is 10.0 Å². The largest absolute Gasteiger partial charge is 0.396 e. The highest BCUT2D eigenvalue weighted by atomic mass is 32.2. The molecule has 3 rings (SSSR count). The summed E-state index contributed by atoms with van der Waals surface area (Å²) in [5.74, 6) is 1.07. The maximum Gasteiger partial charge on any atom is 0.263 e. The number of aliphatic imine (C=N–C) groups is 1. The van der Waals surface area contributed by atoms with E-state index in [1.54, 1.807) is 18.2 Å². The van der Waals surface area contributed by atoms with Crippen LogP contribution in [0.2, 0.25) is 0 Å². The van der Waals surface area contributed by atoms with Gasteiger partial charge >= 0.3 is 0 Å². The van der Waals surface area contributed by atoms with Crippen LogP contribution in [0, 0.1) is 11.8 Å². The molecule has 1 aromatic carbocycles. The van der Waals surface area contributed by atoms with Gasteiger partial charge in [-0.1, -0.05) is 25.0 Å². The molecule has 1 saturated carbocycles. The highest BCUT2D eigenvalue weighted by Gasteiger charge is 2.31. The Hall–Kier alpha value is -1.40. The molecule has 1 aromatic rings. The van der Waals surface area contributed by atoms with E-state index < -0.39 is 10.0 Å². The lowest BCUT2D eigenvalue weighted by Gasteiger charge is -2.28. The van der Waals surface area contributed by atoms with Crippen molar-refractivity contribution >= 4 is 15.9 Å².